The van der Waals surface area contributed by atoms with Crippen molar-refractivity contribution in [2.75, 3.05) is 18.5 Å². The Labute approximate surface area is 158 Å². The van der Waals surface area contributed by atoms with Crippen molar-refractivity contribution in [3.8, 4) is 17.2 Å². The number of nitrogens with one attached hydrogen (secondary N) is 1. The number of para-hydroxylation sites is 1. The fourth-order valence-electron chi connectivity index (χ4n) is 2.72. The zero-order chi connectivity index (χ0) is 17.9. The number of anilines is 1. The molecule has 26 heavy (non-hydrogen) atoms. The summed E-state index contributed by atoms with van der Waals surface area (Å²) in [5.41, 5.74) is 1.76. The van der Waals surface area contributed by atoms with Crippen LogP contribution in [0, 0.1) is 0 Å². The molecule has 2 aromatic carbocycles. The first kappa shape index (κ1) is 16.7. The SMILES string of the molecule is O=C(Cc1cc2c(cc1Br)OCCO2)Nc1ccn(-c2ccccc2)n1. The highest BCUT2D eigenvalue weighted by molar-refractivity contribution is 9.10. The second-order valence-electron chi connectivity index (χ2n) is 5.79. The second-order valence-corrected chi connectivity index (χ2v) is 6.65. The largest absolute Gasteiger partial charge is 0.486 e. The lowest BCUT2D eigenvalue weighted by Crippen LogP contribution is -2.17. The summed E-state index contributed by atoms with van der Waals surface area (Å²) >= 11 is 3.49. The van der Waals surface area contributed by atoms with Crippen LogP contribution in [0.15, 0.2) is 59.2 Å². The normalized spacial score (nSPS) is 12.7. The van der Waals surface area contributed by atoms with Gasteiger partial charge in [0.2, 0.25) is 5.91 Å². The van der Waals surface area contributed by atoms with E-state index in [9.17, 15) is 4.79 Å². The van der Waals surface area contributed by atoms with Crippen molar-refractivity contribution < 1.29 is 14.3 Å². The van der Waals surface area contributed by atoms with Gasteiger partial charge in [-0.2, -0.15) is 5.10 Å². The number of ether oxygens (including phenoxy) is 2. The second kappa shape index (κ2) is 7.21. The Morgan fingerprint density at radius 3 is 2.62 bits per heavy atom. The van der Waals surface area contributed by atoms with Crippen LogP contribution < -0.4 is 14.8 Å². The van der Waals surface area contributed by atoms with Gasteiger partial charge in [0.25, 0.3) is 0 Å². The highest BCUT2D eigenvalue weighted by Crippen LogP contribution is 2.35. The van der Waals surface area contributed by atoms with E-state index < -0.39 is 0 Å². The smallest absolute Gasteiger partial charge is 0.230 e. The molecular formula is C19H16BrN3O3. The molecule has 6 nitrogen and oxygen atoms in total. The molecule has 1 aliphatic rings. The number of amides is 1. The molecule has 0 atom stereocenters. The molecule has 0 unspecified atom stereocenters. The Kier molecular flexibility index (Phi) is 4.62. The molecule has 1 N–H and O–H groups in total. The summed E-state index contributed by atoms with van der Waals surface area (Å²) in [6, 6.07) is 15.2. The predicted octanol–water partition coefficient (Wildman–Crippen LogP) is 3.59. The van der Waals surface area contributed by atoms with Gasteiger partial charge in [0.1, 0.15) is 13.2 Å². The number of benzene rings is 2. The molecule has 0 saturated carbocycles. The summed E-state index contributed by atoms with van der Waals surface area (Å²) in [7, 11) is 0. The van der Waals surface area contributed by atoms with Gasteiger partial charge in [-0.05, 0) is 29.8 Å². The number of fused-ring (bicyclic) bond motifs is 1. The summed E-state index contributed by atoms with van der Waals surface area (Å²) in [6.07, 6.45) is 2.01. The van der Waals surface area contributed by atoms with Crippen LogP contribution in [0.1, 0.15) is 5.56 Å². The van der Waals surface area contributed by atoms with Crippen molar-refractivity contribution in [2.24, 2.45) is 0 Å². The Balaban J connectivity index is 1.45. The minimum atomic E-state index is -0.152. The summed E-state index contributed by atoms with van der Waals surface area (Å²) in [6.45, 7) is 1.04. The van der Waals surface area contributed by atoms with E-state index in [1.807, 2.05) is 48.7 Å². The third kappa shape index (κ3) is 3.57. The number of carbonyl (C=O) groups is 1. The van der Waals surface area contributed by atoms with Crippen molar-refractivity contribution >= 4 is 27.7 Å². The van der Waals surface area contributed by atoms with E-state index in [1.54, 1.807) is 10.7 Å². The zero-order valence-corrected chi connectivity index (χ0v) is 15.4. The van der Waals surface area contributed by atoms with E-state index in [-0.39, 0.29) is 12.3 Å². The standard InChI is InChI=1S/C19H16BrN3O3/c20-15-12-17-16(25-8-9-26-17)10-13(15)11-19(24)21-18-6-7-23(22-18)14-4-2-1-3-5-14/h1-7,10,12H,8-9,11H2,(H,21,22,24). The number of carbonyl (C=O) groups excluding carboxylic acids is 1. The minimum absolute atomic E-state index is 0.152. The summed E-state index contributed by atoms with van der Waals surface area (Å²) < 4.78 is 13.6. The Hall–Kier alpha value is -2.80. The van der Waals surface area contributed by atoms with Crippen LogP contribution in [0.25, 0.3) is 5.69 Å². The van der Waals surface area contributed by atoms with Crippen LogP contribution in [-0.2, 0) is 11.2 Å². The fourth-order valence-corrected chi connectivity index (χ4v) is 3.18. The van der Waals surface area contributed by atoms with Crippen molar-refractivity contribution in [3.05, 3.63) is 64.8 Å². The van der Waals surface area contributed by atoms with Gasteiger partial charge in [-0.15, -0.1) is 0 Å². The number of aromatic nitrogens is 2. The maximum Gasteiger partial charge on any atom is 0.230 e. The van der Waals surface area contributed by atoms with Gasteiger partial charge < -0.3 is 14.8 Å². The molecule has 4 rings (SSSR count). The van der Waals surface area contributed by atoms with Crippen LogP contribution in [-0.4, -0.2) is 28.9 Å². The van der Waals surface area contributed by atoms with E-state index in [4.69, 9.17) is 9.47 Å². The molecule has 132 valence electrons. The van der Waals surface area contributed by atoms with Crippen LogP contribution >= 0.6 is 15.9 Å². The van der Waals surface area contributed by atoms with E-state index >= 15 is 0 Å². The maximum absolute atomic E-state index is 12.4. The van der Waals surface area contributed by atoms with Crippen molar-refractivity contribution in [1.29, 1.82) is 0 Å². The van der Waals surface area contributed by atoms with Crippen LogP contribution in [0.4, 0.5) is 5.82 Å². The number of hydrogen-bond acceptors (Lipinski definition) is 4. The molecule has 1 aliphatic heterocycles. The third-order valence-electron chi connectivity index (χ3n) is 3.94. The van der Waals surface area contributed by atoms with Gasteiger partial charge in [-0.1, -0.05) is 34.1 Å². The van der Waals surface area contributed by atoms with Crippen LogP contribution in [0.5, 0.6) is 11.5 Å². The third-order valence-corrected chi connectivity index (χ3v) is 4.68. The van der Waals surface area contributed by atoms with Gasteiger partial charge in [-0.3, -0.25) is 4.79 Å². The van der Waals surface area contributed by atoms with E-state index in [1.165, 1.54) is 0 Å². The van der Waals surface area contributed by atoms with Crippen LogP contribution in [0.2, 0.25) is 0 Å². The molecule has 3 aromatic rings. The first-order chi connectivity index (χ1) is 12.7. The number of nitrogens with zero attached hydrogens (tertiary/aromatic N) is 2. The first-order valence-electron chi connectivity index (χ1n) is 8.18. The molecule has 1 aromatic heterocycles. The van der Waals surface area contributed by atoms with Gasteiger partial charge >= 0.3 is 0 Å². The molecule has 0 spiro atoms. The van der Waals surface area contributed by atoms with Crippen LogP contribution in [0.3, 0.4) is 0 Å². The molecule has 0 bridgehead atoms. The van der Waals surface area contributed by atoms with Crippen molar-refractivity contribution in [1.82, 2.24) is 9.78 Å². The fraction of sp³-hybridized carbons (Fsp3) is 0.158. The zero-order valence-electron chi connectivity index (χ0n) is 13.8. The highest BCUT2D eigenvalue weighted by Gasteiger charge is 2.17. The quantitative estimate of drug-likeness (QED) is 0.709. The number of halogens is 1. The summed E-state index contributed by atoms with van der Waals surface area (Å²) in [5, 5.41) is 7.21. The topological polar surface area (TPSA) is 65.4 Å². The highest BCUT2D eigenvalue weighted by atomic mass is 79.9. The molecular weight excluding hydrogens is 398 g/mol. The molecule has 0 saturated heterocycles. The lowest BCUT2D eigenvalue weighted by atomic mass is 10.1. The Morgan fingerprint density at radius 1 is 1.12 bits per heavy atom. The van der Waals surface area contributed by atoms with Gasteiger partial charge in [0.05, 0.1) is 12.1 Å². The maximum atomic E-state index is 12.4. The monoisotopic (exact) mass is 413 g/mol. The number of hydrogen-bond donors (Lipinski definition) is 1. The molecule has 7 heteroatoms. The lowest BCUT2D eigenvalue weighted by molar-refractivity contribution is -0.115. The Bertz CT molecular complexity index is 940. The predicted molar refractivity (Wildman–Crippen MR) is 101 cm³/mol. The Morgan fingerprint density at radius 2 is 1.85 bits per heavy atom. The number of rotatable bonds is 4. The summed E-state index contributed by atoms with van der Waals surface area (Å²) in [5.74, 6) is 1.71. The first-order valence-corrected chi connectivity index (χ1v) is 8.97. The molecule has 1 amide bonds. The van der Waals surface area contributed by atoms with Gasteiger partial charge in [0.15, 0.2) is 17.3 Å². The summed E-state index contributed by atoms with van der Waals surface area (Å²) in [4.78, 5) is 12.4. The lowest BCUT2D eigenvalue weighted by Gasteiger charge is -2.19. The average Bonchev–Trinajstić information content (AvgIpc) is 3.11. The van der Waals surface area contributed by atoms with Gasteiger partial charge in [0, 0.05) is 16.7 Å². The van der Waals surface area contributed by atoms with Gasteiger partial charge in [-0.25, -0.2) is 4.68 Å². The van der Waals surface area contributed by atoms with Crippen molar-refractivity contribution in [3.63, 3.8) is 0 Å². The molecule has 0 fully saturated rings. The average molecular weight is 414 g/mol. The minimum Gasteiger partial charge on any atom is -0.486 e. The molecule has 0 radical (unpaired) electrons. The van der Waals surface area contributed by atoms with E-state index in [0.29, 0.717) is 30.5 Å². The molecule has 2 heterocycles. The van der Waals surface area contributed by atoms with E-state index in [2.05, 4.69) is 26.3 Å². The van der Waals surface area contributed by atoms with Crippen molar-refractivity contribution in [2.45, 2.75) is 6.42 Å². The molecule has 0 aliphatic carbocycles. The van der Waals surface area contributed by atoms with E-state index in [0.717, 1.165) is 15.7 Å².